The molecule has 8 aromatic carbocycles. The first-order valence-corrected chi connectivity index (χ1v) is 20.2. The molecule has 6 heteroatoms. The maximum atomic E-state index is 7.07. The largest absolute Gasteiger partial charge is 0.456 e. The maximum Gasteiger partial charge on any atom is 0.164 e. The van der Waals surface area contributed by atoms with E-state index >= 15 is 0 Å². The molecular formula is C52H31N3O2S. The van der Waals surface area contributed by atoms with Crippen molar-refractivity contribution >= 4 is 75.4 Å². The Hall–Kier alpha value is -7.41. The lowest BCUT2D eigenvalue weighted by Crippen LogP contribution is -2.05. The van der Waals surface area contributed by atoms with Crippen molar-refractivity contribution in [3.63, 3.8) is 0 Å². The highest BCUT2D eigenvalue weighted by Crippen LogP contribution is 2.48. The smallest absolute Gasteiger partial charge is 0.164 e. The lowest BCUT2D eigenvalue weighted by atomic mass is 9.80. The van der Waals surface area contributed by atoms with Gasteiger partial charge >= 0.3 is 0 Å². The van der Waals surface area contributed by atoms with Gasteiger partial charge in [0, 0.05) is 69.9 Å². The first kappa shape index (κ1) is 32.8. The van der Waals surface area contributed by atoms with E-state index in [2.05, 4.69) is 103 Å². The molecule has 1 atom stereocenters. The minimum Gasteiger partial charge on any atom is -0.456 e. The number of thiophene rings is 1. The molecule has 4 aromatic heterocycles. The van der Waals surface area contributed by atoms with Crippen LogP contribution in [-0.4, -0.2) is 15.0 Å². The standard InChI is InChI=1S/C52H31N3O2S/c1-3-15-31(16-4-1)50-53-51(32-17-5-2-6-18-32)55-52(54-50)39-25-13-28-42-47(39)38-24-11-23-37(49(38)57-42)45(35-21-12-27-41-46(35)33-19-7-9-26-40(33)56-41)36-22-14-30-44-48(36)34-20-8-10-29-43(34)58-44/h1-30,45H. The summed E-state index contributed by atoms with van der Waals surface area (Å²) in [4.78, 5) is 15.2. The van der Waals surface area contributed by atoms with Crippen LogP contribution in [0.1, 0.15) is 22.6 Å². The quantitative estimate of drug-likeness (QED) is 0.158. The normalized spacial score (nSPS) is 12.4. The molecule has 1 unspecified atom stereocenters. The zero-order valence-electron chi connectivity index (χ0n) is 31.0. The number of rotatable bonds is 6. The summed E-state index contributed by atoms with van der Waals surface area (Å²) >= 11 is 1.84. The van der Waals surface area contributed by atoms with Gasteiger partial charge in [0.15, 0.2) is 17.5 Å². The molecule has 0 saturated carbocycles. The molecule has 0 aliphatic carbocycles. The predicted molar refractivity (Wildman–Crippen MR) is 237 cm³/mol. The Morgan fingerprint density at radius 3 is 1.67 bits per heavy atom. The van der Waals surface area contributed by atoms with E-state index in [1.54, 1.807) is 0 Å². The van der Waals surface area contributed by atoms with Crippen molar-refractivity contribution in [1.82, 2.24) is 15.0 Å². The SMILES string of the molecule is c1ccc(-c2nc(-c3ccccc3)nc(-c3cccc4oc5c(C(c6cccc7oc8ccccc8c67)c6cccc7sc8ccccc8c67)cccc5c34)n2)cc1. The van der Waals surface area contributed by atoms with Crippen molar-refractivity contribution in [1.29, 1.82) is 0 Å². The van der Waals surface area contributed by atoms with E-state index in [-0.39, 0.29) is 5.92 Å². The number of aromatic nitrogens is 3. The molecule has 0 spiro atoms. The van der Waals surface area contributed by atoms with Crippen LogP contribution in [0.15, 0.2) is 191 Å². The fourth-order valence-corrected chi connectivity index (χ4v) is 9.94. The topological polar surface area (TPSA) is 65.0 Å². The van der Waals surface area contributed by atoms with Crippen molar-refractivity contribution in [2.24, 2.45) is 0 Å². The van der Waals surface area contributed by atoms with Crippen LogP contribution < -0.4 is 0 Å². The van der Waals surface area contributed by atoms with Crippen molar-refractivity contribution in [2.75, 3.05) is 0 Å². The lowest BCUT2D eigenvalue weighted by molar-refractivity contribution is 0.661. The van der Waals surface area contributed by atoms with Crippen LogP contribution in [-0.2, 0) is 0 Å². The van der Waals surface area contributed by atoms with Crippen LogP contribution >= 0.6 is 11.3 Å². The van der Waals surface area contributed by atoms with Gasteiger partial charge in [-0.15, -0.1) is 11.3 Å². The summed E-state index contributed by atoms with van der Waals surface area (Å²) in [6, 6.07) is 63.2. The van der Waals surface area contributed by atoms with Gasteiger partial charge in [-0.1, -0.05) is 152 Å². The number of hydrogen-bond acceptors (Lipinski definition) is 6. The number of benzene rings is 8. The summed E-state index contributed by atoms with van der Waals surface area (Å²) in [6.07, 6.45) is 0. The summed E-state index contributed by atoms with van der Waals surface area (Å²) in [7, 11) is 0. The average molecular weight is 762 g/mol. The van der Waals surface area contributed by atoms with Crippen LogP contribution in [0, 0.1) is 0 Å². The molecule has 12 aromatic rings. The molecule has 5 nitrogen and oxygen atoms in total. The van der Waals surface area contributed by atoms with Crippen molar-refractivity contribution < 1.29 is 8.83 Å². The summed E-state index contributed by atoms with van der Waals surface area (Å²) in [6.45, 7) is 0. The highest BCUT2D eigenvalue weighted by atomic mass is 32.1. The summed E-state index contributed by atoms with van der Waals surface area (Å²) in [5.74, 6) is 1.62. The lowest BCUT2D eigenvalue weighted by Gasteiger charge is -2.21. The van der Waals surface area contributed by atoms with Crippen molar-refractivity contribution in [2.45, 2.75) is 5.92 Å². The number of fused-ring (bicyclic) bond motifs is 9. The highest BCUT2D eigenvalue weighted by molar-refractivity contribution is 7.25. The first-order chi connectivity index (χ1) is 28.8. The Labute approximate surface area is 336 Å². The molecule has 0 radical (unpaired) electrons. The van der Waals surface area contributed by atoms with Crippen LogP contribution in [0.2, 0.25) is 0 Å². The second-order valence-electron chi connectivity index (χ2n) is 14.6. The van der Waals surface area contributed by atoms with Gasteiger partial charge in [-0.25, -0.2) is 15.0 Å². The van der Waals surface area contributed by atoms with Gasteiger partial charge in [-0.2, -0.15) is 0 Å². The number of nitrogens with zero attached hydrogens (tertiary/aromatic N) is 3. The molecule has 12 rings (SSSR count). The average Bonchev–Trinajstić information content (AvgIpc) is 3.99. The van der Waals surface area contributed by atoms with E-state index < -0.39 is 0 Å². The van der Waals surface area contributed by atoms with E-state index in [4.69, 9.17) is 23.8 Å². The molecule has 0 N–H and O–H groups in total. The minimum atomic E-state index is -0.203. The third-order valence-electron chi connectivity index (χ3n) is 11.3. The summed E-state index contributed by atoms with van der Waals surface area (Å²) < 4.78 is 16.1. The molecule has 0 aliphatic rings. The maximum absolute atomic E-state index is 7.07. The Bertz CT molecular complexity index is 3360. The molecule has 58 heavy (non-hydrogen) atoms. The minimum absolute atomic E-state index is 0.203. The zero-order chi connectivity index (χ0) is 38.2. The first-order valence-electron chi connectivity index (χ1n) is 19.4. The predicted octanol–water partition coefficient (Wildman–Crippen LogP) is 14.2. The molecule has 0 bridgehead atoms. The van der Waals surface area contributed by atoms with E-state index in [1.807, 2.05) is 90.2 Å². The second-order valence-corrected chi connectivity index (χ2v) is 15.7. The number of hydrogen-bond donors (Lipinski definition) is 0. The van der Waals surface area contributed by atoms with E-state index in [1.165, 1.54) is 25.7 Å². The van der Waals surface area contributed by atoms with Crippen LogP contribution in [0.25, 0.3) is 98.2 Å². The number of furan rings is 2. The fraction of sp³-hybridized carbons (Fsp3) is 0.0192. The zero-order valence-corrected chi connectivity index (χ0v) is 31.8. The molecule has 4 heterocycles. The molecular weight excluding hydrogens is 731 g/mol. The molecule has 0 saturated heterocycles. The molecule has 0 aliphatic heterocycles. The molecule has 272 valence electrons. The van der Waals surface area contributed by atoms with Gasteiger partial charge < -0.3 is 8.83 Å². The van der Waals surface area contributed by atoms with Crippen LogP contribution in [0.3, 0.4) is 0 Å². The van der Waals surface area contributed by atoms with Crippen LogP contribution in [0.4, 0.5) is 0 Å². The Kier molecular flexibility index (Phi) is 7.40. The van der Waals surface area contributed by atoms with Gasteiger partial charge in [-0.3, -0.25) is 0 Å². The fourth-order valence-electron chi connectivity index (χ4n) is 8.80. The van der Waals surface area contributed by atoms with Gasteiger partial charge in [0.25, 0.3) is 0 Å². The van der Waals surface area contributed by atoms with Gasteiger partial charge in [0.1, 0.15) is 22.3 Å². The monoisotopic (exact) mass is 761 g/mol. The van der Waals surface area contributed by atoms with E-state index in [0.29, 0.717) is 17.5 Å². The third kappa shape index (κ3) is 5.12. The van der Waals surface area contributed by atoms with Crippen LogP contribution in [0.5, 0.6) is 0 Å². The van der Waals surface area contributed by atoms with E-state index in [0.717, 1.165) is 71.7 Å². The van der Waals surface area contributed by atoms with Gasteiger partial charge in [-0.05, 0) is 41.5 Å². The summed E-state index contributed by atoms with van der Waals surface area (Å²) in [5.41, 5.74) is 9.53. The third-order valence-corrected chi connectivity index (χ3v) is 12.4. The Morgan fingerprint density at radius 1 is 0.362 bits per heavy atom. The van der Waals surface area contributed by atoms with Crippen molar-refractivity contribution in [3.05, 3.63) is 199 Å². The molecule has 0 fully saturated rings. The number of para-hydroxylation sites is 2. The Balaban J connectivity index is 1.15. The van der Waals surface area contributed by atoms with Gasteiger partial charge in [0.2, 0.25) is 0 Å². The second kappa shape index (κ2) is 13.1. The van der Waals surface area contributed by atoms with Crippen molar-refractivity contribution in [3.8, 4) is 34.2 Å². The molecule has 0 amide bonds. The van der Waals surface area contributed by atoms with Gasteiger partial charge in [0.05, 0.1) is 0 Å². The van der Waals surface area contributed by atoms with E-state index in [9.17, 15) is 0 Å². The highest BCUT2D eigenvalue weighted by Gasteiger charge is 2.29. The Morgan fingerprint density at radius 2 is 0.897 bits per heavy atom. The summed E-state index contributed by atoms with van der Waals surface area (Å²) in [5, 5.41) is 6.69.